The topological polar surface area (TPSA) is 57.1 Å². The Hall–Kier alpha value is -1.10. The van der Waals surface area contributed by atoms with Gasteiger partial charge < -0.3 is 14.3 Å². The van der Waals surface area contributed by atoms with Gasteiger partial charge in [-0.25, -0.2) is 0 Å². The summed E-state index contributed by atoms with van der Waals surface area (Å²) >= 11 is 0. The van der Waals surface area contributed by atoms with Crippen molar-refractivity contribution >= 4 is 11.7 Å². The van der Waals surface area contributed by atoms with Crippen molar-refractivity contribution < 1.29 is 19.1 Å². The predicted molar refractivity (Wildman–Crippen MR) is 38.4 cm³/mol. The summed E-state index contributed by atoms with van der Waals surface area (Å²) in [5.74, 6) is -0.680. The molecule has 0 radical (unpaired) electrons. The van der Waals surface area contributed by atoms with Crippen LogP contribution in [0.3, 0.4) is 0 Å². The van der Waals surface area contributed by atoms with Crippen molar-refractivity contribution in [1.82, 2.24) is 0 Å². The van der Waals surface area contributed by atoms with Crippen molar-refractivity contribution in [3.8, 4) is 0 Å². The van der Waals surface area contributed by atoms with Gasteiger partial charge in [0.25, 0.3) is 0 Å². The highest BCUT2D eigenvalue weighted by Gasteiger charge is 2.52. The monoisotopic (exact) mass is 171 g/mol. The van der Waals surface area contributed by atoms with Crippen LogP contribution in [0.5, 0.6) is 0 Å². The van der Waals surface area contributed by atoms with Crippen LogP contribution in [0.4, 0.5) is 0 Å². The first-order chi connectivity index (χ1) is 5.74. The van der Waals surface area contributed by atoms with Crippen LogP contribution in [0.1, 0.15) is 6.92 Å². The van der Waals surface area contributed by atoms with Crippen LogP contribution >= 0.6 is 0 Å². The Morgan fingerprint density at radius 1 is 1.58 bits per heavy atom. The first kappa shape index (κ1) is 7.54. The zero-order valence-corrected chi connectivity index (χ0v) is 6.81. The maximum Gasteiger partial charge on any atom is 0.321 e. The molecule has 5 heteroatoms. The second-order valence-electron chi connectivity index (χ2n) is 2.82. The lowest BCUT2D eigenvalue weighted by atomic mass is 10.0. The second-order valence-corrected chi connectivity index (χ2v) is 2.82. The molecule has 2 aliphatic heterocycles. The van der Waals surface area contributed by atoms with Gasteiger partial charge in [0.05, 0.1) is 5.71 Å². The standard InChI is InChI=1S/C7H9NO4/c1-3-4-5(12-8-3)7(10-2)11-6(4)9/h4-5,7H,1-2H3/t4-,5+,7+/m0/s1. The fourth-order valence-corrected chi connectivity index (χ4v) is 1.45. The lowest BCUT2D eigenvalue weighted by Crippen LogP contribution is -2.28. The maximum atomic E-state index is 11.2. The molecule has 1 fully saturated rings. The first-order valence-corrected chi connectivity index (χ1v) is 3.67. The molecule has 5 nitrogen and oxygen atoms in total. The third-order valence-corrected chi connectivity index (χ3v) is 2.08. The minimum atomic E-state index is -0.608. The molecule has 0 bridgehead atoms. The summed E-state index contributed by atoms with van der Waals surface area (Å²) in [5, 5.41) is 3.71. The van der Waals surface area contributed by atoms with Crippen molar-refractivity contribution in [3.05, 3.63) is 0 Å². The fraction of sp³-hybridized carbons (Fsp3) is 0.714. The van der Waals surface area contributed by atoms with E-state index in [1.165, 1.54) is 7.11 Å². The van der Waals surface area contributed by atoms with E-state index in [1.54, 1.807) is 6.92 Å². The number of hydrogen-bond acceptors (Lipinski definition) is 5. The number of ether oxygens (including phenoxy) is 2. The van der Waals surface area contributed by atoms with E-state index in [-0.39, 0.29) is 18.0 Å². The summed E-state index contributed by atoms with van der Waals surface area (Å²) in [5.41, 5.74) is 0.657. The zero-order chi connectivity index (χ0) is 8.72. The number of esters is 1. The Morgan fingerprint density at radius 2 is 2.33 bits per heavy atom. The normalized spacial score (nSPS) is 38.7. The molecule has 2 rings (SSSR count). The Bertz CT molecular complexity index is 250. The number of methoxy groups -OCH3 is 1. The Balaban J connectivity index is 2.22. The third-order valence-electron chi connectivity index (χ3n) is 2.08. The van der Waals surface area contributed by atoms with Crippen molar-refractivity contribution in [2.24, 2.45) is 11.1 Å². The van der Waals surface area contributed by atoms with Gasteiger partial charge in [-0.3, -0.25) is 4.79 Å². The Labute approximate surface area is 69.3 Å². The summed E-state index contributed by atoms with van der Waals surface area (Å²) in [6.07, 6.45) is -0.994. The van der Waals surface area contributed by atoms with Gasteiger partial charge in [0, 0.05) is 7.11 Å². The minimum Gasteiger partial charge on any atom is -0.431 e. The van der Waals surface area contributed by atoms with Crippen molar-refractivity contribution in [1.29, 1.82) is 0 Å². The Morgan fingerprint density at radius 3 is 3.00 bits per heavy atom. The number of nitrogens with zero attached hydrogens (tertiary/aromatic N) is 1. The summed E-state index contributed by atoms with van der Waals surface area (Å²) in [4.78, 5) is 16.2. The van der Waals surface area contributed by atoms with Gasteiger partial charge in [0.1, 0.15) is 5.92 Å². The number of fused-ring (bicyclic) bond motifs is 1. The average molecular weight is 171 g/mol. The van der Waals surface area contributed by atoms with Gasteiger partial charge in [-0.2, -0.15) is 0 Å². The van der Waals surface area contributed by atoms with Gasteiger partial charge in [-0.15, -0.1) is 0 Å². The summed E-state index contributed by atoms with van der Waals surface area (Å²) < 4.78 is 9.78. The maximum absolute atomic E-state index is 11.2. The average Bonchev–Trinajstić information content (AvgIpc) is 2.55. The van der Waals surface area contributed by atoms with E-state index in [1.807, 2.05) is 0 Å². The molecule has 0 spiro atoms. The largest absolute Gasteiger partial charge is 0.431 e. The quantitative estimate of drug-likeness (QED) is 0.517. The van der Waals surface area contributed by atoms with E-state index in [2.05, 4.69) is 5.16 Å². The van der Waals surface area contributed by atoms with Gasteiger partial charge in [-0.1, -0.05) is 5.16 Å². The summed E-state index contributed by atoms with van der Waals surface area (Å²) in [6.45, 7) is 1.74. The third kappa shape index (κ3) is 0.828. The van der Waals surface area contributed by atoms with Gasteiger partial charge in [-0.05, 0) is 6.92 Å². The molecule has 0 unspecified atom stereocenters. The molecule has 0 aromatic carbocycles. The number of cyclic esters (lactones) is 1. The SMILES string of the molecule is CO[C@@H]1OC(=O)[C@H]2C(C)=NO[C@@H]12. The molecule has 0 amide bonds. The molecule has 2 heterocycles. The van der Waals surface area contributed by atoms with Crippen molar-refractivity contribution in [2.75, 3.05) is 7.11 Å². The van der Waals surface area contributed by atoms with Crippen LogP contribution in [-0.2, 0) is 19.1 Å². The smallest absolute Gasteiger partial charge is 0.321 e. The molecule has 2 aliphatic rings. The summed E-state index contributed by atoms with van der Waals surface area (Å²) in [7, 11) is 1.47. The van der Waals surface area contributed by atoms with E-state index in [0.29, 0.717) is 5.71 Å². The lowest BCUT2D eigenvalue weighted by molar-refractivity contribution is -0.170. The van der Waals surface area contributed by atoms with Crippen LogP contribution < -0.4 is 0 Å². The molecular formula is C7H9NO4. The van der Waals surface area contributed by atoms with Crippen LogP contribution in [0.25, 0.3) is 0 Å². The summed E-state index contributed by atoms with van der Waals surface area (Å²) in [6, 6.07) is 0. The molecule has 66 valence electrons. The number of oxime groups is 1. The zero-order valence-electron chi connectivity index (χ0n) is 6.81. The Kier molecular flexibility index (Phi) is 1.54. The predicted octanol–water partition coefficient (Wildman–Crippen LogP) is -0.0934. The molecular weight excluding hydrogens is 162 g/mol. The molecule has 0 aromatic heterocycles. The highest BCUT2D eigenvalue weighted by Crippen LogP contribution is 2.31. The lowest BCUT2D eigenvalue weighted by Gasteiger charge is -2.11. The molecule has 1 saturated heterocycles. The molecule has 12 heavy (non-hydrogen) atoms. The van der Waals surface area contributed by atoms with Gasteiger partial charge in [0.15, 0.2) is 0 Å². The van der Waals surface area contributed by atoms with Gasteiger partial charge in [0.2, 0.25) is 12.4 Å². The van der Waals surface area contributed by atoms with E-state index >= 15 is 0 Å². The van der Waals surface area contributed by atoms with Crippen LogP contribution in [0.2, 0.25) is 0 Å². The number of rotatable bonds is 1. The number of hydrogen-bond donors (Lipinski definition) is 0. The van der Waals surface area contributed by atoms with E-state index in [4.69, 9.17) is 14.3 Å². The van der Waals surface area contributed by atoms with Crippen LogP contribution in [-0.4, -0.2) is 31.2 Å². The van der Waals surface area contributed by atoms with Crippen LogP contribution in [0.15, 0.2) is 5.16 Å². The minimum absolute atomic E-state index is 0.314. The van der Waals surface area contributed by atoms with E-state index in [0.717, 1.165) is 0 Å². The van der Waals surface area contributed by atoms with E-state index < -0.39 is 6.29 Å². The molecule has 3 atom stereocenters. The second kappa shape index (κ2) is 2.45. The first-order valence-electron chi connectivity index (χ1n) is 3.67. The van der Waals surface area contributed by atoms with Gasteiger partial charge >= 0.3 is 5.97 Å². The molecule has 0 N–H and O–H groups in total. The number of carbonyl (C=O) groups excluding carboxylic acids is 1. The van der Waals surface area contributed by atoms with E-state index in [9.17, 15) is 4.79 Å². The van der Waals surface area contributed by atoms with Crippen LogP contribution in [0, 0.1) is 5.92 Å². The molecule has 0 saturated carbocycles. The molecule has 0 aromatic rings. The highest BCUT2D eigenvalue weighted by molar-refractivity contribution is 6.03. The fourth-order valence-electron chi connectivity index (χ4n) is 1.45. The van der Waals surface area contributed by atoms with Crippen molar-refractivity contribution in [2.45, 2.75) is 19.3 Å². The highest BCUT2D eigenvalue weighted by atomic mass is 16.7. The van der Waals surface area contributed by atoms with Crippen molar-refractivity contribution in [3.63, 3.8) is 0 Å². The molecule has 0 aliphatic carbocycles. The number of carbonyl (C=O) groups is 1.